The van der Waals surface area contributed by atoms with Crippen LogP contribution in [0.3, 0.4) is 0 Å². The number of pyridine rings is 1. The molecule has 4 rings (SSSR count). The molecule has 1 atom stereocenters. The third-order valence-corrected chi connectivity index (χ3v) is 4.12. The Hall–Kier alpha value is -2.67. The molecule has 24 heavy (non-hydrogen) atoms. The summed E-state index contributed by atoms with van der Waals surface area (Å²) in [5, 5.41) is 16.1. The fourth-order valence-corrected chi connectivity index (χ4v) is 2.83. The Morgan fingerprint density at radius 2 is 2.17 bits per heavy atom. The number of benzene rings is 1. The van der Waals surface area contributed by atoms with Gasteiger partial charge in [-0.15, -0.1) is 5.10 Å². The van der Waals surface area contributed by atoms with Gasteiger partial charge in [0.2, 0.25) is 6.23 Å². The van der Waals surface area contributed by atoms with Gasteiger partial charge >= 0.3 is 0 Å². The SMILES string of the molecule is CC(C)n1nnc2cc(C3NC(c4cccnc4Cl)=NO3)ccc21. The number of fused-ring (bicyclic) bond motifs is 1. The Kier molecular flexibility index (Phi) is 3.57. The van der Waals surface area contributed by atoms with E-state index < -0.39 is 6.23 Å². The van der Waals surface area contributed by atoms with Crippen LogP contribution in [0.15, 0.2) is 41.7 Å². The molecular weight excluding hydrogens is 328 g/mol. The van der Waals surface area contributed by atoms with Gasteiger partial charge in [-0.1, -0.05) is 28.0 Å². The number of rotatable bonds is 3. The summed E-state index contributed by atoms with van der Waals surface area (Å²) in [6.07, 6.45) is 1.23. The number of amidine groups is 1. The molecule has 122 valence electrons. The van der Waals surface area contributed by atoms with Crippen LogP contribution in [0.25, 0.3) is 11.0 Å². The number of aromatic nitrogens is 4. The highest BCUT2D eigenvalue weighted by Gasteiger charge is 2.24. The Morgan fingerprint density at radius 1 is 1.29 bits per heavy atom. The van der Waals surface area contributed by atoms with Gasteiger partial charge in [-0.2, -0.15) is 0 Å². The summed E-state index contributed by atoms with van der Waals surface area (Å²) in [6, 6.07) is 9.81. The number of nitrogens with zero attached hydrogens (tertiary/aromatic N) is 5. The van der Waals surface area contributed by atoms with Gasteiger partial charge < -0.3 is 10.2 Å². The minimum Gasteiger partial charge on any atom is -0.364 e. The van der Waals surface area contributed by atoms with Crippen LogP contribution in [0, 0.1) is 0 Å². The number of oxime groups is 1. The van der Waals surface area contributed by atoms with Gasteiger partial charge in [-0.25, -0.2) is 9.67 Å². The van der Waals surface area contributed by atoms with Gasteiger partial charge in [0.05, 0.1) is 11.1 Å². The van der Waals surface area contributed by atoms with Gasteiger partial charge in [0.1, 0.15) is 10.7 Å². The van der Waals surface area contributed by atoms with Crippen molar-refractivity contribution in [3.05, 3.63) is 52.8 Å². The highest BCUT2D eigenvalue weighted by molar-refractivity contribution is 6.32. The fraction of sp³-hybridized carbons (Fsp3) is 0.250. The standard InChI is InChI=1S/C16H15ClN6O/c1-9(2)23-13-6-5-10(8-12(13)20-22-23)16-19-15(21-24-16)11-4-3-7-18-14(11)17/h3-9,16H,1-2H3,(H,19,21). The minimum absolute atomic E-state index is 0.254. The zero-order valence-electron chi connectivity index (χ0n) is 13.1. The quantitative estimate of drug-likeness (QED) is 0.740. The topological polar surface area (TPSA) is 77.2 Å². The summed E-state index contributed by atoms with van der Waals surface area (Å²) < 4.78 is 1.89. The summed E-state index contributed by atoms with van der Waals surface area (Å²) in [5.74, 6) is 0.559. The Bertz CT molecular complexity index is 935. The molecule has 3 heterocycles. The molecule has 0 saturated carbocycles. The van der Waals surface area contributed by atoms with Crippen molar-refractivity contribution in [2.75, 3.05) is 0 Å². The van der Waals surface area contributed by atoms with E-state index in [1.807, 2.05) is 28.9 Å². The first-order valence-electron chi connectivity index (χ1n) is 7.59. The van der Waals surface area contributed by atoms with E-state index in [1.54, 1.807) is 12.3 Å². The zero-order valence-corrected chi connectivity index (χ0v) is 13.9. The van der Waals surface area contributed by atoms with Crippen molar-refractivity contribution < 1.29 is 4.84 Å². The molecule has 0 fully saturated rings. The first-order valence-corrected chi connectivity index (χ1v) is 7.97. The van der Waals surface area contributed by atoms with Crippen LogP contribution in [0.2, 0.25) is 5.15 Å². The van der Waals surface area contributed by atoms with E-state index in [9.17, 15) is 0 Å². The lowest BCUT2D eigenvalue weighted by molar-refractivity contribution is 0.0730. The van der Waals surface area contributed by atoms with E-state index in [2.05, 4.69) is 39.6 Å². The number of halogens is 1. The Morgan fingerprint density at radius 3 is 2.96 bits per heavy atom. The van der Waals surface area contributed by atoms with E-state index in [0.717, 1.165) is 16.6 Å². The lowest BCUT2D eigenvalue weighted by Gasteiger charge is -2.11. The number of nitrogens with one attached hydrogen (secondary N) is 1. The second-order valence-corrected chi connectivity index (χ2v) is 6.15. The summed E-state index contributed by atoms with van der Waals surface area (Å²) in [6.45, 7) is 4.14. The molecule has 1 aliphatic heterocycles. The maximum atomic E-state index is 6.10. The van der Waals surface area contributed by atoms with Crippen LogP contribution in [0.5, 0.6) is 0 Å². The molecule has 0 bridgehead atoms. The molecule has 0 radical (unpaired) electrons. The average Bonchev–Trinajstić information content (AvgIpc) is 3.21. The van der Waals surface area contributed by atoms with Crippen LogP contribution >= 0.6 is 11.6 Å². The lowest BCUT2D eigenvalue weighted by Crippen LogP contribution is -2.24. The molecule has 7 nitrogen and oxygen atoms in total. The second kappa shape index (κ2) is 5.76. The van der Waals surface area contributed by atoms with Crippen molar-refractivity contribution in [2.45, 2.75) is 26.1 Å². The molecule has 0 saturated heterocycles. The molecule has 1 aromatic carbocycles. The van der Waals surface area contributed by atoms with Crippen molar-refractivity contribution in [3.63, 3.8) is 0 Å². The molecule has 2 aromatic heterocycles. The number of hydrogen-bond donors (Lipinski definition) is 1. The molecule has 1 aliphatic rings. The van der Waals surface area contributed by atoms with Gasteiger partial charge in [0, 0.05) is 17.8 Å². The molecule has 0 spiro atoms. The molecular formula is C16H15ClN6O. The van der Waals surface area contributed by atoms with Gasteiger partial charge in [0.15, 0.2) is 5.84 Å². The van der Waals surface area contributed by atoms with Crippen LogP contribution in [0.4, 0.5) is 0 Å². The monoisotopic (exact) mass is 342 g/mol. The van der Waals surface area contributed by atoms with Crippen molar-refractivity contribution in [1.29, 1.82) is 0 Å². The predicted molar refractivity (Wildman–Crippen MR) is 90.7 cm³/mol. The third kappa shape index (κ3) is 2.46. The molecule has 3 aromatic rings. The normalized spacial score (nSPS) is 17.0. The van der Waals surface area contributed by atoms with Gasteiger partial charge in [-0.3, -0.25) is 0 Å². The Balaban J connectivity index is 1.60. The minimum atomic E-state index is -0.398. The van der Waals surface area contributed by atoms with Crippen LogP contribution in [-0.4, -0.2) is 25.8 Å². The van der Waals surface area contributed by atoms with E-state index in [4.69, 9.17) is 16.4 Å². The molecule has 8 heteroatoms. The summed E-state index contributed by atoms with van der Waals surface area (Å²) in [4.78, 5) is 9.55. The van der Waals surface area contributed by atoms with Crippen molar-refractivity contribution >= 4 is 28.5 Å². The highest BCUT2D eigenvalue weighted by atomic mass is 35.5. The molecule has 0 amide bonds. The molecule has 1 N–H and O–H groups in total. The van der Waals surface area contributed by atoms with E-state index in [0.29, 0.717) is 16.6 Å². The second-order valence-electron chi connectivity index (χ2n) is 5.79. The van der Waals surface area contributed by atoms with E-state index in [1.165, 1.54) is 0 Å². The van der Waals surface area contributed by atoms with Gasteiger partial charge in [-0.05, 0) is 38.1 Å². The zero-order chi connectivity index (χ0) is 16.7. The molecule has 1 unspecified atom stereocenters. The van der Waals surface area contributed by atoms with Gasteiger partial charge in [0.25, 0.3) is 0 Å². The summed E-state index contributed by atoms with van der Waals surface area (Å²) >= 11 is 6.10. The summed E-state index contributed by atoms with van der Waals surface area (Å²) in [5.41, 5.74) is 3.42. The first-order chi connectivity index (χ1) is 11.6. The maximum absolute atomic E-state index is 6.10. The van der Waals surface area contributed by atoms with E-state index >= 15 is 0 Å². The lowest BCUT2D eigenvalue weighted by atomic mass is 10.1. The van der Waals surface area contributed by atoms with Crippen LogP contribution in [0.1, 0.15) is 37.2 Å². The number of hydrogen-bond acceptors (Lipinski definition) is 6. The maximum Gasteiger partial charge on any atom is 0.225 e. The largest absolute Gasteiger partial charge is 0.364 e. The van der Waals surface area contributed by atoms with Crippen LogP contribution < -0.4 is 5.32 Å². The highest BCUT2D eigenvalue weighted by Crippen LogP contribution is 2.26. The molecule has 0 aliphatic carbocycles. The average molecular weight is 343 g/mol. The van der Waals surface area contributed by atoms with Crippen molar-refractivity contribution in [3.8, 4) is 0 Å². The third-order valence-electron chi connectivity index (χ3n) is 3.82. The summed E-state index contributed by atoms with van der Waals surface area (Å²) in [7, 11) is 0. The first kappa shape index (κ1) is 14.9. The van der Waals surface area contributed by atoms with Crippen molar-refractivity contribution in [2.24, 2.45) is 5.16 Å². The Labute approximate surface area is 143 Å². The van der Waals surface area contributed by atoms with Crippen molar-refractivity contribution in [1.82, 2.24) is 25.3 Å². The smallest absolute Gasteiger partial charge is 0.225 e. The predicted octanol–water partition coefficient (Wildman–Crippen LogP) is 3.04. The van der Waals surface area contributed by atoms with Crippen LogP contribution in [-0.2, 0) is 4.84 Å². The van der Waals surface area contributed by atoms with E-state index in [-0.39, 0.29) is 6.04 Å². The fourth-order valence-electron chi connectivity index (χ4n) is 2.62.